The van der Waals surface area contributed by atoms with Crippen LogP contribution < -0.4 is 15.0 Å². The Morgan fingerprint density at radius 2 is 1.85 bits per heavy atom. The van der Waals surface area contributed by atoms with Crippen molar-refractivity contribution in [2.24, 2.45) is 0 Å². The van der Waals surface area contributed by atoms with Crippen LogP contribution in [0.1, 0.15) is 10.4 Å². The Morgan fingerprint density at radius 1 is 1.08 bits per heavy atom. The number of nitrogens with zero attached hydrogens (tertiary/aromatic N) is 3. The standard InChI is InChI=1S/C20H19BrN4O/c1-22-19-10-20(24-12-23-19)25-11-17(21)16-8-5-14(9-18(16)25)13-3-6-15(26-2)7-4-13/h3-10,12,17H,11H2,1-2H3,(H,22,23,24). The molecule has 6 heteroatoms. The molecule has 0 aliphatic carbocycles. The summed E-state index contributed by atoms with van der Waals surface area (Å²) in [5, 5.41) is 3.07. The molecule has 2 heterocycles. The normalized spacial score (nSPS) is 15.7. The third-order valence-electron chi connectivity index (χ3n) is 4.61. The van der Waals surface area contributed by atoms with E-state index in [1.54, 1.807) is 13.4 Å². The van der Waals surface area contributed by atoms with E-state index in [1.807, 2.05) is 25.2 Å². The van der Waals surface area contributed by atoms with Gasteiger partial charge in [0.25, 0.3) is 0 Å². The number of benzene rings is 2. The first-order chi connectivity index (χ1) is 12.7. The molecule has 1 atom stereocenters. The highest BCUT2D eigenvalue weighted by Crippen LogP contribution is 2.45. The molecule has 0 spiro atoms. The summed E-state index contributed by atoms with van der Waals surface area (Å²) < 4.78 is 5.26. The molecule has 5 nitrogen and oxygen atoms in total. The van der Waals surface area contributed by atoms with Crippen LogP contribution >= 0.6 is 15.9 Å². The van der Waals surface area contributed by atoms with E-state index in [0.717, 1.165) is 29.5 Å². The lowest BCUT2D eigenvalue weighted by molar-refractivity contribution is 0.415. The van der Waals surface area contributed by atoms with Crippen molar-refractivity contribution >= 4 is 33.3 Å². The Hall–Kier alpha value is -2.60. The third kappa shape index (κ3) is 3.01. The molecule has 1 aliphatic rings. The maximum atomic E-state index is 5.26. The molecule has 1 unspecified atom stereocenters. The van der Waals surface area contributed by atoms with E-state index in [1.165, 1.54) is 16.8 Å². The molecule has 0 radical (unpaired) electrons. The van der Waals surface area contributed by atoms with Gasteiger partial charge in [-0.05, 0) is 34.9 Å². The molecule has 0 saturated carbocycles. The predicted molar refractivity (Wildman–Crippen MR) is 109 cm³/mol. The van der Waals surface area contributed by atoms with Gasteiger partial charge in [0, 0.05) is 25.3 Å². The Kier molecular flexibility index (Phi) is 4.51. The number of hydrogen-bond donors (Lipinski definition) is 1. The maximum absolute atomic E-state index is 5.26. The average molecular weight is 411 g/mol. The molecule has 0 amide bonds. The first-order valence-corrected chi connectivity index (χ1v) is 9.31. The van der Waals surface area contributed by atoms with Gasteiger partial charge in [0.15, 0.2) is 0 Å². The van der Waals surface area contributed by atoms with Gasteiger partial charge >= 0.3 is 0 Å². The lowest BCUT2D eigenvalue weighted by Crippen LogP contribution is -2.16. The van der Waals surface area contributed by atoms with Gasteiger partial charge in [-0.25, -0.2) is 9.97 Å². The van der Waals surface area contributed by atoms with Crippen molar-refractivity contribution in [3.8, 4) is 16.9 Å². The number of rotatable bonds is 4. The van der Waals surface area contributed by atoms with E-state index in [4.69, 9.17) is 4.74 Å². The number of halogens is 1. The minimum absolute atomic E-state index is 0.274. The van der Waals surface area contributed by atoms with Crippen molar-refractivity contribution in [3.05, 3.63) is 60.4 Å². The number of ether oxygens (including phenoxy) is 1. The second kappa shape index (κ2) is 6.96. The van der Waals surface area contributed by atoms with E-state index in [2.05, 4.69) is 66.4 Å². The fourth-order valence-corrected chi connectivity index (χ4v) is 3.89. The zero-order valence-electron chi connectivity index (χ0n) is 14.6. The summed E-state index contributed by atoms with van der Waals surface area (Å²) in [7, 11) is 3.54. The highest BCUT2D eigenvalue weighted by atomic mass is 79.9. The molecule has 4 rings (SSSR count). The molecule has 0 bridgehead atoms. The van der Waals surface area contributed by atoms with Crippen LogP contribution in [0.15, 0.2) is 54.9 Å². The van der Waals surface area contributed by atoms with Gasteiger partial charge in [0.1, 0.15) is 23.7 Å². The van der Waals surface area contributed by atoms with E-state index in [0.29, 0.717) is 0 Å². The zero-order valence-corrected chi connectivity index (χ0v) is 16.2. The van der Waals surface area contributed by atoms with Gasteiger partial charge < -0.3 is 15.0 Å². The molecule has 3 aromatic rings. The Bertz CT molecular complexity index is 929. The van der Waals surface area contributed by atoms with E-state index in [9.17, 15) is 0 Å². The lowest BCUT2D eigenvalue weighted by Gasteiger charge is -2.19. The molecular weight excluding hydrogens is 392 g/mol. The smallest absolute Gasteiger partial charge is 0.138 e. The fraction of sp³-hybridized carbons (Fsp3) is 0.200. The molecule has 26 heavy (non-hydrogen) atoms. The Balaban J connectivity index is 1.74. The summed E-state index contributed by atoms with van der Waals surface area (Å²) in [5.74, 6) is 2.55. The lowest BCUT2D eigenvalue weighted by atomic mass is 10.0. The number of anilines is 3. The molecule has 1 aliphatic heterocycles. The van der Waals surface area contributed by atoms with Gasteiger partial charge in [0.2, 0.25) is 0 Å². The summed E-state index contributed by atoms with van der Waals surface area (Å²) in [5.41, 5.74) is 4.76. The van der Waals surface area contributed by atoms with Crippen molar-refractivity contribution in [1.82, 2.24) is 9.97 Å². The number of hydrogen-bond acceptors (Lipinski definition) is 5. The molecule has 2 aromatic carbocycles. The van der Waals surface area contributed by atoms with Gasteiger partial charge in [-0.1, -0.05) is 40.2 Å². The van der Waals surface area contributed by atoms with Crippen molar-refractivity contribution in [1.29, 1.82) is 0 Å². The van der Waals surface area contributed by atoms with E-state index in [-0.39, 0.29) is 4.83 Å². The quantitative estimate of drug-likeness (QED) is 0.627. The second-order valence-electron chi connectivity index (χ2n) is 6.09. The van der Waals surface area contributed by atoms with E-state index < -0.39 is 0 Å². The summed E-state index contributed by atoms with van der Waals surface area (Å²) in [6.07, 6.45) is 1.59. The van der Waals surface area contributed by atoms with Crippen molar-refractivity contribution < 1.29 is 4.74 Å². The molecule has 132 valence electrons. The van der Waals surface area contributed by atoms with Crippen LogP contribution in [0.3, 0.4) is 0 Å². The molecule has 0 fully saturated rings. The molecular formula is C20H19BrN4O. The number of aromatic nitrogens is 2. The van der Waals surface area contributed by atoms with Crippen LogP contribution in [0, 0.1) is 0 Å². The first kappa shape index (κ1) is 16.8. The monoisotopic (exact) mass is 410 g/mol. The van der Waals surface area contributed by atoms with Crippen LogP contribution in [0.4, 0.5) is 17.3 Å². The Labute approximate surface area is 161 Å². The van der Waals surface area contributed by atoms with Crippen molar-refractivity contribution in [3.63, 3.8) is 0 Å². The first-order valence-electron chi connectivity index (χ1n) is 8.39. The van der Waals surface area contributed by atoms with Crippen LogP contribution in [-0.2, 0) is 0 Å². The summed E-state index contributed by atoms with van der Waals surface area (Å²) >= 11 is 3.79. The number of fused-ring (bicyclic) bond motifs is 1. The predicted octanol–water partition coefficient (Wildman–Crippen LogP) is 4.78. The highest BCUT2D eigenvalue weighted by molar-refractivity contribution is 9.09. The molecule has 0 saturated heterocycles. The topological polar surface area (TPSA) is 50.3 Å². The van der Waals surface area contributed by atoms with Gasteiger partial charge in [-0.3, -0.25) is 0 Å². The van der Waals surface area contributed by atoms with Crippen LogP contribution in [0.5, 0.6) is 5.75 Å². The third-order valence-corrected chi connectivity index (χ3v) is 5.39. The van der Waals surface area contributed by atoms with Crippen LogP contribution in [0.25, 0.3) is 11.1 Å². The van der Waals surface area contributed by atoms with Crippen LogP contribution in [-0.4, -0.2) is 30.7 Å². The van der Waals surface area contributed by atoms with Crippen molar-refractivity contribution in [2.45, 2.75) is 4.83 Å². The minimum atomic E-state index is 0.274. The summed E-state index contributed by atoms with van der Waals surface area (Å²) in [6, 6.07) is 16.7. The van der Waals surface area contributed by atoms with Gasteiger partial charge in [-0.2, -0.15) is 0 Å². The number of methoxy groups -OCH3 is 1. The summed E-state index contributed by atoms with van der Waals surface area (Å²) in [4.78, 5) is 11.2. The van der Waals surface area contributed by atoms with Gasteiger partial charge in [-0.15, -0.1) is 0 Å². The summed E-state index contributed by atoms with van der Waals surface area (Å²) in [6.45, 7) is 0.835. The second-order valence-corrected chi connectivity index (χ2v) is 7.20. The SMILES string of the molecule is CNc1cc(N2CC(Br)c3ccc(-c4ccc(OC)cc4)cc32)ncn1. The fourth-order valence-electron chi connectivity index (χ4n) is 3.21. The largest absolute Gasteiger partial charge is 0.497 e. The number of nitrogens with one attached hydrogen (secondary N) is 1. The average Bonchev–Trinajstić information content (AvgIpc) is 3.04. The maximum Gasteiger partial charge on any atom is 0.138 e. The molecule has 1 N–H and O–H groups in total. The van der Waals surface area contributed by atoms with E-state index >= 15 is 0 Å². The Morgan fingerprint density at radius 3 is 2.58 bits per heavy atom. The molecule has 1 aromatic heterocycles. The zero-order chi connectivity index (χ0) is 18.1. The highest BCUT2D eigenvalue weighted by Gasteiger charge is 2.29. The van der Waals surface area contributed by atoms with Crippen LogP contribution in [0.2, 0.25) is 0 Å². The minimum Gasteiger partial charge on any atom is -0.497 e. The number of alkyl halides is 1. The van der Waals surface area contributed by atoms with Gasteiger partial charge in [0.05, 0.1) is 11.9 Å². The van der Waals surface area contributed by atoms with Crippen molar-refractivity contribution in [2.75, 3.05) is 30.9 Å².